The van der Waals surface area contributed by atoms with Crippen LogP contribution in [0, 0.1) is 0 Å². The molecular formula is C21H19N3O. The first-order valence-corrected chi connectivity index (χ1v) is 8.73. The summed E-state index contributed by atoms with van der Waals surface area (Å²) in [7, 11) is 0. The molecule has 5 rings (SSSR count). The summed E-state index contributed by atoms with van der Waals surface area (Å²) in [6, 6.07) is 14.5. The van der Waals surface area contributed by atoms with Crippen molar-refractivity contribution in [1.82, 2.24) is 15.3 Å². The maximum absolute atomic E-state index is 12.9. The number of rotatable bonds is 2. The van der Waals surface area contributed by atoms with Crippen molar-refractivity contribution in [1.29, 1.82) is 0 Å². The molecule has 3 N–H and O–H groups in total. The van der Waals surface area contributed by atoms with Crippen LogP contribution in [0.1, 0.15) is 22.6 Å². The number of H-pyrrole nitrogens is 2. The van der Waals surface area contributed by atoms with Gasteiger partial charge in [0.15, 0.2) is 0 Å². The van der Waals surface area contributed by atoms with Gasteiger partial charge in [-0.05, 0) is 41.7 Å². The first-order chi connectivity index (χ1) is 12.3. The minimum atomic E-state index is -0.183. The topological polar surface area (TPSA) is 60.7 Å². The van der Waals surface area contributed by atoms with E-state index >= 15 is 0 Å². The Kier molecular flexibility index (Phi) is 3.17. The van der Waals surface area contributed by atoms with Gasteiger partial charge in [-0.3, -0.25) is 4.79 Å². The lowest BCUT2D eigenvalue weighted by atomic mass is 9.86. The second-order valence-corrected chi connectivity index (χ2v) is 6.74. The summed E-state index contributed by atoms with van der Waals surface area (Å²) in [5, 5.41) is 5.52. The molecule has 1 aliphatic rings. The summed E-state index contributed by atoms with van der Waals surface area (Å²) >= 11 is 0. The summed E-state index contributed by atoms with van der Waals surface area (Å²) in [5.74, 6) is -0.0672. The van der Waals surface area contributed by atoms with Gasteiger partial charge in [0.25, 0.3) is 0 Å². The number of amides is 1. The summed E-state index contributed by atoms with van der Waals surface area (Å²) in [6.45, 7) is 0.685. The van der Waals surface area contributed by atoms with Crippen molar-refractivity contribution in [3.63, 3.8) is 0 Å². The minimum Gasteiger partial charge on any atom is -0.361 e. The summed E-state index contributed by atoms with van der Waals surface area (Å²) in [4.78, 5) is 19.5. The fraction of sp³-hybridized carbons (Fsp3) is 0.190. The van der Waals surface area contributed by atoms with E-state index in [2.05, 4.69) is 45.7 Å². The molecule has 124 valence electrons. The van der Waals surface area contributed by atoms with Crippen LogP contribution < -0.4 is 5.32 Å². The molecule has 25 heavy (non-hydrogen) atoms. The van der Waals surface area contributed by atoms with Gasteiger partial charge in [0, 0.05) is 40.7 Å². The van der Waals surface area contributed by atoms with Crippen molar-refractivity contribution in [2.24, 2.45) is 0 Å². The van der Waals surface area contributed by atoms with E-state index in [9.17, 15) is 4.79 Å². The number of aromatic amines is 2. The van der Waals surface area contributed by atoms with Crippen LogP contribution in [-0.2, 0) is 17.6 Å². The first kappa shape index (κ1) is 14.3. The van der Waals surface area contributed by atoms with Crippen LogP contribution in [0.3, 0.4) is 0 Å². The second-order valence-electron chi connectivity index (χ2n) is 6.74. The lowest BCUT2D eigenvalue weighted by Crippen LogP contribution is -2.33. The maximum Gasteiger partial charge on any atom is 0.227 e. The maximum atomic E-state index is 12.9. The summed E-state index contributed by atoms with van der Waals surface area (Å²) < 4.78 is 0. The highest BCUT2D eigenvalue weighted by atomic mass is 16.1. The Morgan fingerprint density at radius 2 is 1.80 bits per heavy atom. The van der Waals surface area contributed by atoms with Gasteiger partial charge in [-0.2, -0.15) is 0 Å². The van der Waals surface area contributed by atoms with E-state index < -0.39 is 0 Å². The van der Waals surface area contributed by atoms with Crippen LogP contribution in [-0.4, -0.2) is 22.4 Å². The Morgan fingerprint density at radius 1 is 0.960 bits per heavy atom. The van der Waals surface area contributed by atoms with Gasteiger partial charge in [-0.1, -0.05) is 30.3 Å². The molecule has 4 nitrogen and oxygen atoms in total. The average molecular weight is 329 g/mol. The van der Waals surface area contributed by atoms with E-state index in [1.54, 1.807) is 0 Å². The highest BCUT2D eigenvalue weighted by Crippen LogP contribution is 2.33. The molecule has 0 aliphatic carbocycles. The number of carbonyl (C=O) groups excluding carboxylic acids is 1. The van der Waals surface area contributed by atoms with Gasteiger partial charge in [0.2, 0.25) is 5.91 Å². The lowest BCUT2D eigenvalue weighted by Gasteiger charge is -2.21. The van der Waals surface area contributed by atoms with Gasteiger partial charge < -0.3 is 15.3 Å². The van der Waals surface area contributed by atoms with Crippen LogP contribution >= 0.6 is 0 Å². The second kappa shape index (κ2) is 5.52. The van der Waals surface area contributed by atoms with Crippen LogP contribution in [0.15, 0.2) is 54.9 Å². The molecule has 1 atom stereocenters. The zero-order valence-electron chi connectivity index (χ0n) is 13.8. The van der Waals surface area contributed by atoms with E-state index in [0.717, 1.165) is 23.0 Å². The van der Waals surface area contributed by atoms with E-state index in [0.29, 0.717) is 13.0 Å². The number of benzene rings is 2. The Bertz CT molecular complexity index is 1090. The number of para-hydroxylation sites is 1. The zero-order valence-corrected chi connectivity index (χ0v) is 13.8. The third-order valence-electron chi connectivity index (χ3n) is 5.30. The fourth-order valence-electron chi connectivity index (χ4n) is 4.08. The number of hydrogen-bond acceptors (Lipinski definition) is 1. The molecule has 0 fully saturated rings. The Morgan fingerprint density at radius 3 is 2.76 bits per heavy atom. The molecule has 1 aliphatic heterocycles. The SMILES string of the molecule is O=C1NCCc2c[nH]c3cccc(c23)C1Cc1c[nH]c2ccccc12. The lowest BCUT2D eigenvalue weighted by molar-refractivity contribution is -0.122. The van der Waals surface area contributed by atoms with Crippen LogP contribution in [0.2, 0.25) is 0 Å². The molecule has 0 radical (unpaired) electrons. The van der Waals surface area contributed by atoms with Crippen molar-refractivity contribution in [3.05, 3.63) is 71.5 Å². The fourth-order valence-corrected chi connectivity index (χ4v) is 4.08. The van der Waals surface area contributed by atoms with Crippen molar-refractivity contribution < 1.29 is 4.79 Å². The molecule has 0 bridgehead atoms. The Hall–Kier alpha value is -3.01. The van der Waals surface area contributed by atoms with Crippen LogP contribution in [0.25, 0.3) is 21.8 Å². The van der Waals surface area contributed by atoms with Crippen LogP contribution in [0.5, 0.6) is 0 Å². The molecular weight excluding hydrogens is 310 g/mol. The number of carbonyl (C=O) groups is 1. The first-order valence-electron chi connectivity index (χ1n) is 8.73. The molecule has 0 spiro atoms. The molecule has 1 unspecified atom stereocenters. The van der Waals surface area contributed by atoms with Gasteiger partial charge in [0.1, 0.15) is 0 Å². The molecule has 4 aromatic rings. The molecule has 0 saturated carbocycles. The smallest absolute Gasteiger partial charge is 0.227 e. The summed E-state index contributed by atoms with van der Waals surface area (Å²) in [6.07, 6.45) is 5.67. The highest BCUT2D eigenvalue weighted by molar-refractivity contribution is 5.95. The largest absolute Gasteiger partial charge is 0.361 e. The van der Waals surface area contributed by atoms with Gasteiger partial charge in [-0.15, -0.1) is 0 Å². The molecule has 0 saturated heterocycles. The van der Waals surface area contributed by atoms with Crippen molar-refractivity contribution in [2.75, 3.05) is 6.54 Å². The van der Waals surface area contributed by atoms with Crippen LogP contribution in [0.4, 0.5) is 0 Å². The van der Waals surface area contributed by atoms with E-state index in [1.807, 2.05) is 24.4 Å². The Balaban J connectivity index is 1.66. The van der Waals surface area contributed by atoms with Gasteiger partial charge >= 0.3 is 0 Å². The van der Waals surface area contributed by atoms with E-state index in [4.69, 9.17) is 0 Å². The summed E-state index contributed by atoms with van der Waals surface area (Å²) in [5.41, 5.74) is 5.83. The number of fused-ring (bicyclic) bond motifs is 1. The molecule has 2 aromatic carbocycles. The Labute approximate surface area is 145 Å². The number of aromatic nitrogens is 2. The average Bonchev–Trinajstić information content (AvgIpc) is 3.23. The highest BCUT2D eigenvalue weighted by Gasteiger charge is 2.27. The van der Waals surface area contributed by atoms with E-state index in [-0.39, 0.29) is 11.8 Å². The monoisotopic (exact) mass is 329 g/mol. The molecule has 1 amide bonds. The predicted octanol–water partition coefficient (Wildman–Crippen LogP) is 3.65. The van der Waals surface area contributed by atoms with Gasteiger partial charge in [-0.25, -0.2) is 0 Å². The quantitative estimate of drug-likeness (QED) is 0.516. The molecule has 4 heteroatoms. The number of hydrogen-bond donors (Lipinski definition) is 3. The molecule has 3 heterocycles. The van der Waals surface area contributed by atoms with Crippen molar-refractivity contribution in [2.45, 2.75) is 18.8 Å². The standard InChI is InChI=1S/C21H19N3O/c25-21-17(10-14-12-23-18-6-2-1-4-15(14)18)16-5-3-7-19-20(16)13(11-24-19)8-9-22-21/h1-7,11-12,17,23-24H,8-10H2,(H,22,25). The normalized spacial score (nSPS) is 17.4. The molecule has 2 aromatic heterocycles. The third-order valence-corrected chi connectivity index (χ3v) is 5.30. The van der Waals surface area contributed by atoms with E-state index in [1.165, 1.54) is 21.9 Å². The predicted molar refractivity (Wildman–Crippen MR) is 99.8 cm³/mol. The third kappa shape index (κ3) is 2.25. The van der Waals surface area contributed by atoms with Crippen molar-refractivity contribution >= 4 is 27.7 Å². The minimum absolute atomic E-state index is 0.115. The van der Waals surface area contributed by atoms with Gasteiger partial charge in [0.05, 0.1) is 5.92 Å². The zero-order chi connectivity index (χ0) is 16.8. The number of nitrogens with one attached hydrogen (secondary N) is 3. The van der Waals surface area contributed by atoms with Crippen molar-refractivity contribution in [3.8, 4) is 0 Å².